The van der Waals surface area contributed by atoms with Crippen molar-refractivity contribution in [2.45, 2.75) is 19.2 Å². The first-order valence-electron chi connectivity index (χ1n) is 5.79. The van der Waals surface area contributed by atoms with Crippen molar-refractivity contribution in [1.82, 2.24) is 0 Å². The summed E-state index contributed by atoms with van der Waals surface area (Å²) in [4.78, 5) is 11.0. The maximum atomic E-state index is 13.0. The second-order valence-corrected chi connectivity index (χ2v) is 5.03. The molecule has 0 fully saturated rings. The highest BCUT2D eigenvalue weighted by atomic mass is 35.5. The fourth-order valence-electron chi connectivity index (χ4n) is 2.01. The molecule has 1 heterocycles. The first kappa shape index (κ1) is 15.4. The average molecular weight is 319 g/mol. The highest BCUT2D eigenvalue weighted by molar-refractivity contribution is 6.31. The van der Waals surface area contributed by atoms with E-state index in [1.807, 2.05) is 0 Å². The Balaban J connectivity index is 2.69. The van der Waals surface area contributed by atoms with Crippen LogP contribution in [0.4, 0.5) is 13.2 Å². The first-order valence-corrected chi connectivity index (χ1v) is 6.16. The van der Waals surface area contributed by atoms with Gasteiger partial charge in [-0.15, -0.1) is 0 Å². The number of rotatable bonds is 2. The van der Waals surface area contributed by atoms with Crippen LogP contribution >= 0.6 is 11.6 Å². The molecule has 1 aliphatic rings. The van der Waals surface area contributed by atoms with Crippen molar-refractivity contribution in [3.8, 4) is 5.75 Å². The Morgan fingerprint density at radius 3 is 2.52 bits per heavy atom. The number of hydrogen-bond donors (Lipinski definition) is 1. The second kappa shape index (κ2) is 5.11. The fraction of sp³-hybridized carbons (Fsp3) is 0.214. The Hall–Kier alpha value is -1.95. The minimum Gasteiger partial charge on any atom is -0.478 e. The van der Waals surface area contributed by atoms with Crippen molar-refractivity contribution in [1.29, 1.82) is 0 Å². The molecule has 2 rings (SSSR count). The van der Waals surface area contributed by atoms with Gasteiger partial charge in [0.2, 0.25) is 6.10 Å². The van der Waals surface area contributed by atoms with Gasteiger partial charge in [-0.25, -0.2) is 4.79 Å². The number of halogens is 4. The zero-order valence-electron chi connectivity index (χ0n) is 10.8. The molecular weight excluding hydrogens is 309 g/mol. The highest BCUT2D eigenvalue weighted by Gasteiger charge is 2.48. The molecule has 7 heteroatoms. The predicted molar refractivity (Wildman–Crippen MR) is 72.2 cm³/mol. The Bertz CT molecular complexity index is 662. The maximum Gasteiger partial charge on any atom is 0.430 e. The van der Waals surface area contributed by atoms with E-state index in [4.69, 9.17) is 21.4 Å². The summed E-state index contributed by atoms with van der Waals surface area (Å²) in [5, 5.41) is 9.20. The predicted octanol–water partition coefficient (Wildman–Crippen LogP) is 4.16. The zero-order valence-corrected chi connectivity index (χ0v) is 11.5. The summed E-state index contributed by atoms with van der Waals surface area (Å²) in [6.07, 6.45) is -6.44. The van der Waals surface area contributed by atoms with Crippen LogP contribution in [0, 0.1) is 0 Å². The Labute approximate surface area is 123 Å². The number of allylic oxidation sites excluding steroid dienone is 1. The van der Waals surface area contributed by atoms with Gasteiger partial charge < -0.3 is 9.84 Å². The number of carbonyl (C=O) groups is 1. The van der Waals surface area contributed by atoms with E-state index < -0.39 is 23.8 Å². The smallest absolute Gasteiger partial charge is 0.430 e. The van der Waals surface area contributed by atoms with E-state index in [-0.39, 0.29) is 16.3 Å². The Morgan fingerprint density at radius 1 is 1.43 bits per heavy atom. The third-order valence-electron chi connectivity index (χ3n) is 2.92. The van der Waals surface area contributed by atoms with Gasteiger partial charge in [-0.1, -0.05) is 18.2 Å². The third-order valence-corrected chi connectivity index (χ3v) is 3.13. The summed E-state index contributed by atoms with van der Waals surface area (Å²) in [5.74, 6) is -1.76. The maximum absolute atomic E-state index is 13.0. The van der Waals surface area contributed by atoms with Crippen LogP contribution in [0.3, 0.4) is 0 Å². The van der Waals surface area contributed by atoms with Crippen molar-refractivity contribution in [2.24, 2.45) is 0 Å². The molecule has 0 spiro atoms. The summed E-state index contributed by atoms with van der Waals surface area (Å²) in [6, 6.07) is 2.77. The van der Waals surface area contributed by atoms with Gasteiger partial charge >= 0.3 is 12.1 Å². The third kappa shape index (κ3) is 2.90. The lowest BCUT2D eigenvalue weighted by Gasteiger charge is -2.28. The lowest BCUT2D eigenvalue weighted by atomic mass is 9.96. The normalized spacial score (nSPS) is 17.6. The van der Waals surface area contributed by atoms with Gasteiger partial charge in [-0.2, -0.15) is 13.2 Å². The van der Waals surface area contributed by atoms with Crippen molar-refractivity contribution >= 4 is 29.2 Å². The van der Waals surface area contributed by atoms with Crippen LogP contribution in [0.5, 0.6) is 5.75 Å². The van der Waals surface area contributed by atoms with Gasteiger partial charge in [-0.05, 0) is 30.7 Å². The van der Waals surface area contributed by atoms with E-state index in [2.05, 4.69) is 6.58 Å². The van der Waals surface area contributed by atoms with Crippen LogP contribution in [0.2, 0.25) is 5.02 Å². The number of hydrogen-bond acceptors (Lipinski definition) is 2. The molecule has 0 amide bonds. The van der Waals surface area contributed by atoms with Crippen molar-refractivity contribution in [3.63, 3.8) is 0 Å². The summed E-state index contributed by atoms with van der Waals surface area (Å²) in [6.45, 7) is 5.25. The molecule has 1 atom stereocenters. The van der Waals surface area contributed by atoms with E-state index in [1.165, 1.54) is 12.1 Å². The molecular formula is C14H10ClF3O3. The number of aliphatic carboxylic acids is 1. The zero-order chi connectivity index (χ0) is 15.9. The molecule has 0 aromatic heterocycles. The van der Waals surface area contributed by atoms with E-state index in [9.17, 15) is 18.0 Å². The van der Waals surface area contributed by atoms with Crippen LogP contribution in [-0.4, -0.2) is 23.4 Å². The van der Waals surface area contributed by atoms with E-state index >= 15 is 0 Å². The lowest BCUT2D eigenvalue weighted by molar-refractivity contribution is -0.187. The summed E-state index contributed by atoms with van der Waals surface area (Å²) in [7, 11) is 0. The van der Waals surface area contributed by atoms with Gasteiger partial charge in [0.25, 0.3) is 0 Å². The SMILES string of the molecule is C=C(C)c1cc(Cl)cc2c1OC(C(F)(F)F)C(C(=O)O)=C2. The molecule has 1 aromatic carbocycles. The molecule has 0 radical (unpaired) electrons. The fourth-order valence-corrected chi connectivity index (χ4v) is 2.24. The molecule has 1 aliphatic heterocycles. The largest absolute Gasteiger partial charge is 0.478 e. The molecule has 0 aliphatic carbocycles. The second-order valence-electron chi connectivity index (χ2n) is 4.60. The van der Waals surface area contributed by atoms with Crippen LogP contribution in [0.25, 0.3) is 11.6 Å². The number of ether oxygens (including phenoxy) is 1. The Kier molecular flexibility index (Phi) is 3.76. The van der Waals surface area contributed by atoms with Gasteiger partial charge in [0, 0.05) is 16.1 Å². The van der Waals surface area contributed by atoms with E-state index in [0.717, 1.165) is 6.08 Å². The molecule has 0 saturated heterocycles. The van der Waals surface area contributed by atoms with E-state index in [1.54, 1.807) is 6.92 Å². The molecule has 1 N–H and O–H groups in total. The highest BCUT2D eigenvalue weighted by Crippen LogP contribution is 2.42. The minimum absolute atomic E-state index is 0.0702. The average Bonchev–Trinajstić information content (AvgIpc) is 2.34. The number of carboxylic acids is 1. The number of alkyl halides is 3. The van der Waals surface area contributed by atoms with Crippen molar-refractivity contribution in [3.05, 3.63) is 40.4 Å². The van der Waals surface area contributed by atoms with Gasteiger partial charge in [-0.3, -0.25) is 0 Å². The molecule has 0 bridgehead atoms. The monoisotopic (exact) mass is 318 g/mol. The summed E-state index contributed by atoms with van der Waals surface area (Å²) < 4.78 is 43.9. The van der Waals surface area contributed by atoms with Crippen LogP contribution in [-0.2, 0) is 4.79 Å². The minimum atomic E-state index is -4.84. The number of benzene rings is 1. The van der Waals surface area contributed by atoms with Crippen LogP contribution in [0.15, 0.2) is 24.3 Å². The lowest BCUT2D eigenvalue weighted by Crippen LogP contribution is -2.40. The van der Waals surface area contributed by atoms with Gasteiger partial charge in [0.15, 0.2) is 0 Å². The van der Waals surface area contributed by atoms with Gasteiger partial charge in [0.1, 0.15) is 5.75 Å². The molecule has 1 aromatic rings. The topological polar surface area (TPSA) is 46.5 Å². The summed E-state index contributed by atoms with van der Waals surface area (Å²) >= 11 is 5.88. The van der Waals surface area contributed by atoms with Crippen LogP contribution < -0.4 is 4.74 Å². The first-order chi connectivity index (χ1) is 9.61. The molecule has 21 heavy (non-hydrogen) atoms. The summed E-state index contributed by atoms with van der Waals surface area (Å²) in [5.41, 5.74) is 0.0672. The van der Waals surface area contributed by atoms with Gasteiger partial charge in [0.05, 0.1) is 5.57 Å². The molecule has 1 unspecified atom stereocenters. The number of fused-ring (bicyclic) bond motifs is 1. The van der Waals surface area contributed by atoms with Crippen LogP contribution in [0.1, 0.15) is 18.1 Å². The Morgan fingerprint density at radius 2 is 2.05 bits per heavy atom. The molecule has 3 nitrogen and oxygen atoms in total. The van der Waals surface area contributed by atoms with E-state index in [0.29, 0.717) is 11.1 Å². The van der Waals surface area contributed by atoms with Crippen molar-refractivity contribution in [2.75, 3.05) is 0 Å². The molecule has 112 valence electrons. The molecule has 0 saturated carbocycles. The quantitative estimate of drug-likeness (QED) is 0.890. The van der Waals surface area contributed by atoms with Crippen molar-refractivity contribution < 1.29 is 27.8 Å². The number of carboxylic acid groups (broad SMARTS) is 1. The standard InChI is InChI=1S/C14H10ClF3O3/c1-6(2)9-5-8(15)3-7-4-10(13(19)20)12(14(16,17)18)21-11(7)9/h3-5,12H,1H2,2H3,(H,19,20).